The molecular weight excluding hydrogens is 424 g/mol. The Hall–Kier alpha value is -2.31. The molecule has 0 aromatic carbocycles. The molecule has 3 N–H and O–H groups in total. The molecule has 0 amide bonds. The number of aliphatic carboxylic acids is 1. The highest BCUT2D eigenvalue weighted by molar-refractivity contribution is 5.90. The summed E-state index contributed by atoms with van der Waals surface area (Å²) in [5.41, 5.74) is 3.95. The second kappa shape index (κ2) is 10.6. The van der Waals surface area contributed by atoms with Gasteiger partial charge in [-0.25, -0.2) is 9.59 Å². The number of carboxylic acids is 1. The Labute approximate surface area is 168 Å². The van der Waals surface area contributed by atoms with Crippen molar-refractivity contribution in [1.29, 1.82) is 0 Å². The van der Waals surface area contributed by atoms with Crippen molar-refractivity contribution < 1.29 is 45.8 Å². The summed E-state index contributed by atoms with van der Waals surface area (Å²) < 4.78 is 76.8. The van der Waals surface area contributed by atoms with E-state index in [1.54, 1.807) is 6.92 Å². The Morgan fingerprint density at radius 2 is 1.67 bits per heavy atom. The van der Waals surface area contributed by atoms with Gasteiger partial charge in [0, 0.05) is 12.7 Å². The molecule has 0 spiro atoms. The zero-order valence-electron chi connectivity index (χ0n) is 16.1. The third kappa shape index (κ3) is 7.84. The molecule has 30 heavy (non-hydrogen) atoms. The maximum atomic E-state index is 13.0. The number of halogens is 6. The summed E-state index contributed by atoms with van der Waals surface area (Å²) in [5, 5.41) is 10.7. The van der Waals surface area contributed by atoms with Crippen molar-refractivity contribution in [1.82, 2.24) is 9.78 Å². The predicted molar refractivity (Wildman–Crippen MR) is 91.4 cm³/mol. The van der Waals surface area contributed by atoms with Gasteiger partial charge >= 0.3 is 24.3 Å². The van der Waals surface area contributed by atoms with Crippen molar-refractivity contribution in [3.63, 3.8) is 0 Å². The van der Waals surface area contributed by atoms with Gasteiger partial charge in [0.2, 0.25) is 0 Å². The number of esters is 1. The summed E-state index contributed by atoms with van der Waals surface area (Å²) in [6.07, 6.45) is -4.81. The highest BCUT2D eigenvalue weighted by Crippen LogP contribution is 2.33. The third-order valence-corrected chi connectivity index (χ3v) is 4.51. The number of rotatable bonds is 5. The van der Waals surface area contributed by atoms with Gasteiger partial charge in [0.15, 0.2) is 5.69 Å². The van der Waals surface area contributed by atoms with Crippen molar-refractivity contribution in [2.24, 2.45) is 17.6 Å². The van der Waals surface area contributed by atoms with Gasteiger partial charge in [-0.1, -0.05) is 0 Å². The Balaban J connectivity index is 0.000000553. The molecule has 0 aliphatic heterocycles. The first-order valence-corrected chi connectivity index (χ1v) is 9.11. The standard InChI is InChI=1S/C15H22F3N3O2.C2HF3O2/c1-2-23-14(22)12-9-21(20-13(12)15(16,17)18)8-11-5-3-10(7-19)4-6-11;3-2(4,5)1(6)7/h9-11H,2-8,19H2,1H3;(H,6,7). The van der Waals surface area contributed by atoms with E-state index in [2.05, 4.69) is 9.84 Å². The number of hydrogen-bond acceptors (Lipinski definition) is 5. The minimum Gasteiger partial charge on any atom is -0.475 e. The lowest BCUT2D eigenvalue weighted by atomic mass is 9.82. The van der Waals surface area contributed by atoms with Gasteiger partial charge in [-0.2, -0.15) is 31.4 Å². The number of aromatic nitrogens is 2. The summed E-state index contributed by atoms with van der Waals surface area (Å²) in [4.78, 5) is 20.6. The summed E-state index contributed by atoms with van der Waals surface area (Å²) in [6.45, 7) is 2.59. The number of alkyl halides is 6. The average molecular weight is 447 g/mol. The second-order valence-corrected chi connectivity index (χ2v) is 6.76. The number of hydrogen-bond donors (Lipinski definition) is 2. The fourth-order valence-corrected chi connectivity index (χ4v) is 3.00. The number of carbonyl (C=O) groups is 2. The molecule has 1 aromatic heterocycles. The van der Waals surface area contributed by atoms with E-state index in [0.29, 0.717) is 19.0 Å². The molecule has 13 heteroatoms. The Kier molecular flexibility index (Phi) is 9.12. The first-order chi connectivity index (χ1) is 13.8. The van der Waals surface area contributed by atoms with Crippen LogP contribution in [-0.4, -0.2) is 46.2 Å². The quantitative estimate of drug-likeness (QED) is 0.529. The molecule has 1 fully saturated rings. The van der Waals surface area contributed by atoms with Crippen LogP contribution < -0.4 is 5.73 Å². The van der Waals surface area contributed by atoms with Crippen LogP contribution >= 0.6 is 0 Å². The smallest absolute Gasteiger partial charge is 0.475 e. The van der Waals surface area contributed by atoms with E-state index in [1.807, 2.05) is 0 Å². The third-order valence-electron chi connectivity index (χ3n) is 4.51. The molecule has 1 aromatic rings. The second-order valence-electron chi connectivity index (χ2n) is 6.76. The maximum absolute atomic E-state index is 13.0. The van der Waals surface area contributed by atoms with Gasteiger partial charge in [-0.15, -0.1) is 0 Å². The van der Waals surface area contributed by atoms with Crippen molar-refractivity contribution >= 4 is 11.9 Å². The highest BCUT2D eigenvalue weighted by atomic mass is 19.4. The highest BCUT2D eigenvalue weighted by Gasteiger charge is 2.40. The first-order valence-electron chi connectivity index (χ1n) is 9.11. The lowest BCUT2D eigenvalue weighted by Gasteiger charge is -2.27. The van der Waals surface area contributed by atoms with Crippen LogP contribution in [0.2, 0.25) is 0 Å². The molecule has 0 radical (unpaired) electrons. The SMILES string of the molecule is CCOC(=O)c1cn(CC2CCC(CN)CC2)nc1C(F)(F)F.O=C(O)C(F)(F)F. The molecule has 2 rings (SSSR count). The van der Waals surface area contributed by atoms with Crippen LogP contribution in [-0.2, 0) is 22.3 Å². The fraction of sp³-hybridized carbons (Fsp3) is 0.706. The number of nitrogens with zero attached hydrogens (tertiary/aromatic N) is 2. The average Bonchev–Trinajstić information content (AvgIpc) is 3.07. The van der Waals surface area contributed by atoms with E-state index in [1.165, 1.54) is 4.68 Å². The minimum absolute atomic E-state index is 0.0183. The van der Waals surface area contributed by atoms with Crippen molar-refractivity contribution in [2.75, 3.05) is 13.2 Å². The molecule has 172 valence electrons. The van der Waals surface area contributed by atoms with Crippen LogP contribution in [0.15, 0.2) is 6.20 Å². The summed E-state index contributed by atoms with van der Waals surface area (Å²) in [5.74, 6) is -2.98. The van der Waals surface area contributed by atoms with E-state index in [9.17, 15) is 31.1 Å². The van der Waals surface area contributed by atoms with E-state index < -0.39 is 35.5 Å². The molecule has 0 saturated heterocycles. The van der Waals surface area contributed by atoms with Gasteiger partial charge in [0.05, 0.1) is 6.61 Å². The molecule has 7 nitrogen and oxygen atoms in total. The number of carbonyl (C=O) groups excluding carboxylic acids is 1. The molecule has 1 saturated carbocycles. The van der Waals surface area contributed by atoms with Crippen LogP contribution in [0, 0.1) is 11.8 Å². The molecule has 0 atom stereocenters. The van der Waals surface area contributed by atoms with Crippen LogP contribution in [0.4, 0.5) is 26.3 Å². The van der Waals surface area contributed by atoms with Crippen molar-refractivity contribution in [3.8, 4) is 0 Å². The first kappa shape index (κ1) is 25.7. The minimum atomic E-state index is -5.08. The van der Waals surface area contributed by atoms with E-state index in [4.69, 9.17) is 15.6 Å². The van der Waals surface area contributed by atoms with Crippen molar-refractivity contribution in [3.05, 3.63) is 17.5 Å². The summed E-state index contributed by atoms with van der Waals surface area (Å²) >= 11 is 0. The number of ether oxygens (including phenoxy) is 1. The molecule has 1 aliphatic rings. The maximum Gasteiger partial charge on any atom is 0.490 e. The topological polar surface area (TPSA) is 107 Å². The van der Waals surface area contributed by atoms with Crippen LogP contribution in [0.1, 0.15) is 48.7 Å². The normalized spacial score (nSPS) is 19.6. The summed E-state index contributed by atoms with van der Waals surface area (Å²) in [7, 11) is 0. The van der Waals surface area contributed by atoms with Gasteiger partial charge in [-0.05, 0) is 51.0 Å². The van der Waals surface area contributed by atoms with Gasteiger partial charge in [-0.3, -0.25) is 4.68 Å². The number of nitrogens with two attached hydrogens (primary N) is 1. The van der Waals surface area contributed by atoms with Crippen LogP contribution in [0.5, 0.6) is 0 Å². The molecule has 1 heterocycles. The van der Waals surface area contributed by atoms with Gasteiger partial charge in [0.25, 0.3) is 0 Å². The molecule has 0 unspecified atom stereocenters. The van der Waals surface area contributed by atoms with Gasteiger partial charge < -0.3 is 15.6 Å². The monoisotopic (exact) mass is 447 g/mol. The van der Waals surface area contributed by atoms with Crippen LogP contribution in [0.3, 0.4) is 0 Å². The predicted octanol–water partition coefficient (Wildman–Crippen LogP) is 3.48. The van der Waals surface area contributed by atoms with Gasteiger partial charge in [0.1, 0.15) is 5.56 Å². The number of carboxylic acid groups (broad SMARTS) is 1. The molecule has 1 aliphatic carbocycles. The Morgan fingerprint density at radius 3 is 2.07 bits per heavy atom. The van der Waals surface area contributed by atoms with E-state index in [0.717, 1.165) is 31.9 Å². The Morgan fingerprint density at radius 1 is 1.17 bits per heavy atom. The van der Waals surface area contributed by atoms with E-state index >= 15 is 0 Å². The zero-order chi connectivity index (χ0) is 23.1. The lowest BCUT2D eigenvalue weighted by Crippen LogP contribution is -2.24. The molecular formula is C17H23F6N3O4. The Bertz CT molecular complexity index is 709. The lowest BCUT2D eigenvalue weighted by molar-refractivity contribution is -0.192. The van der Waals surface area contributed by atoms with Crippen LogP contribution in [0.25, 0.3) is 0 Å². The zero-order valence-corrected chi connectivity index (χ0v) is 16.1. The fourth-order valence-electron chi connectivity index (χ4n) is 3.00. The largest absolute Gasteiger partial charge is 0.490 e. The van der Waals surface area contributed by atoms with E-state index in [-0.39, 0.29) is 12.5 Å². The van der Waals surface area contributed by atoms with Crippen molar-refractivity contribution in [2.45, 2.75) is 51.5 Å². The summed E-state index contributed by atoms with van der Waals surface area (Å²) in [6, 6.07) is 0. The molecule has 0 bridgehead atoms.